The van der Waals surface area contributed by atoms with E-state index in [2.05, 4.69) is 0 Å². The summed E-state index contributed by atoms with van der Waals surface area (Å²) in [5.41, 5.74) is 0. The molecule has 0 spiro atoms. The van der Waals surface area contributed by atoms with Crippen molar-refractivity contribution in [3.8, 4) is 0 Å². The molecule has 2 unspecified atom stereocenters. The molecule has 1 aliphatic carbocycles. The lowest BCUT2D eigenvalue weighted by molar-refractivity contribution is -0.120. The molecule has 0 bridgehead atoms. The SMILES string of the molecule is O=C(C(Cl)Cl)C1CCCC1Cl. The summed E-state index contributed by atoms with van der Waals surface area (Å²) in [6.45, 7) is 0. The Balaban J connectivity index is 2.53. The van der Waals surface area contributed by atoms with E-state index in [0.29, 0.717) is 0 Å². The zero-order chi connectivity index (χ0) is 8.43. The molecule has 0 saturated heterocycles. The first kappa shape index (κ1) is 9.63. The minimum atomic E-state index is -0.903. The van der Waals surface area contributed by atoms with Gasteiger partial charge < -0.3 is 0 Å². The van der Waals surface area contributed by atoms with Crippen LogP contribution >= 0.6 is 34.8 Å². The van der Waals surface area contributed by atoms with Crippen molar-refractivity contribution in [2.75, 3.05) is 0 Å². The van der Waals surface area contributed by atoms with Gasteiger partial charge in [0.15, 0.2) is 10.6 Å². The standard InChI is InChI=1S/C7H9Cl3O/c8-5-3-1-2-4(5)6(11)7(9)10/h4-5,7H,1-3H2. The Hall–Kier alpha value is 0.540. The molecule has 0 aliphatic heterocycles. The third-order valence-corrected chi connectivity index (χ3v) is 2.96. The lowest BCUT2D eigenvalue weighted by atomic mass is 10.0. The molecule has 0 heterocycles. The van der Waals surface area contributed by atoms with E-state index >= 15 is 0 Å². The molecule has 1 fully saturated rings. The van der Waals surface area contributed by atoms with Crippen LogP contribution in [0.2, 0.25) is 0 Å². The van der Waals surface area contributed by atoms with Crippen LogP contribution in [0.5, 0.6) is 0 Å². The van der Waals surface area contributed by atoms with Gasteiger partial charge in [0.05, 0.1) is 0 Å². The van der Waals surface area contributed by atoms with Crippen LogP contribution in [0.3, 0.4) is 0 Å². The molecular weight excluding hydrogens is 206 g/mol. The molecule has 4 heteroatoms. The average molecular weight is 216 g/mol. The smallest absolute Gasteiger partial charge is 0.170 e. The molecule has 1 aliphatic rings. The van der Waals surface area contributed by atoms with E-state index in [1.54, 1.807) is 0 Å². The van der Waals surface area contributed by atoms with Crippen molar-refractivity contribution in [1.29, 1.82) is 0 Å². The maximum Gasteiger partial charge on any atom is 0.170 e. The normalized spacial score (nSPS) is 31.3. The Bertz CT molecular complexity index is 158. The van der Waals surface area contributed by atoms with E-state index in [1.165, 1.54) is 0 Å². The van der Waals surface area contributed by atoms with Crippen LogP contribution in [0.1, 0.15) is 19.3 Å². The first-order valence-corrected chi connectivity index (χ1v) is 4.90. The van der Waals surface area contributed by atoms with Crippen molar-refractivity contribution in [1.82, 2.24) is 0 Å². The maximum absolute atomic E-state index is 11.2. The van der Waals surface area contributed by atoms with Gasteiger partial charge in [0.1, 0.15) is 0 Å². The Morgan fingerprint density at radius 1 is 1.36 bits per heavy atom. The molecule has 0 radical (unpaired) electrons. The van der Waals surface area contributed by atoms with Crippen molar-refractivity contribution in [2.24, 2.45) is 5.92 Å². The number of hydrogen-bond donors (Lipinski definition) is 0. The minimum absolute atomic E-state index is 0.0532. The van der Waals surface area contributed by atoms with Crippen LogP contribution in [-0.2, 0) is 4.79 Å². The molecule has 64 valence electrons. The molecule has 0 aromatic heterocycles. The van der Waals surface area contributed by atoms with Crippen LogP contribution in [-0.4, -0.2) is 16.0 Å². The summed E-state index contributed by atoms with van der Waals surface area (Å²) in [6, 6.07) is 0. The number of carbonyl (C=O) groups excluding carboxylic acids is 1. The van der Waals surface area contributed by atoms with Gasteiger partial charge in [-0.05, 0) is 12.8 Å². The number of ketones is 1. The van der Waals surface area contributed by atoms with Gasteiger partial charge in [-0.15, -0.1) is 11.6 Å². The summed E-state index contributed by atoms with van der Waals surface area (Å²) < 4.78 is 0. The number of carbonyl (C=O) groups is 1. The second kappa shape index (κ2) is 3.97. The van der Waals surface area contributed by atoms with Crippen molar-refractivity contribution in [2.45, 2.75) is 29.5 Å². The molecule has 0 aromatic carbocycles. The lowest BCUT2D eigenvalue weighted by Gasteiger charge is -2.11. The van der Waals surface area contributed by atoms with Gasteiger partial charge >= 0.3 is 0 Å². The van der Waals surface area contributed by atoms with E-state index in [0.717, 1.165) is 19.3 Å². The second-order valence-electron chi connectivity index (χ2n) is 2.76. The molecule has 11 heavy (non-hydrogen) atoms. The third kappa shape index (κ3) is 2.24. The van der Waals surface area contributed by atoms with Gasteiger partial charge in [-0.1, -0.05) is 29.6 Å². The number of alkyl halides is 3. The van der Waals surface area contributed by atoms with Crippen molar-refractivity contribution in [3.05, 3.63) is 0 Å². The maximum atomic E-state index is 11.2. The van der Waals surface area contributed by atoms with Crippen molar-refractivity contribution in [3.63, 3.8) is 0 Å². The summed E-state index contributed by atoms with van der Waals surface area (Å²) in [5.74, 6) is -0.234. The van der Waals surface area contributed by atoms with E-state index in [1.807, 2.05) is 0 Å². The highest BCUT2D eigenvalue weighted by Gasteiger charge is 2.33. The highest BCUT2D eigenvalue weighted by Crippen LogP contribution is 2.32. The van der Waals surface area contributed by atoms with Gasteiger partial charge in [-0.25, -0.2) is 0 Å². The Labute approximate surface area is 81.0 Å². The highest BCUT2D eigenvalue weighted by atomic mass is 35.5. The highest BCUT2D eigenvalue weighted by molar-refractivity contribution is 6.54. The molecule has 0 N–H and O–H groups in total. The fourth-order valence-electron chi connectivity index (χ4n) is 1.40. The molecule has 1 saturated carbocycles. The van der Waals surface area contributed by atoms with Gasteiger partial charge in [0.2, 0.25) is 0 Å². The fourth-order valence-corrected chi connectivity index (χ4v) is 2.13. The van der Waals surface area contributed by atoms with Crippen LogP contribution in [0.4, 0.5) is 0 Å². The van der Waals surface area contributed by atoms with Crippen LogP contribution < -0.4 is 0 Å². The van der Waals surface area contributed by atoms with E-state index in [9.17, 15) is 4.79 Å². The topological polar surface area (TPSA) is 17.1 Å². The Kier molecular flexibility index (Phi) is 3.48. The zero-order valence-corrected chi connectivity index (χ0v) is 8.16. The summed E-state index contributed by atoms with van der Waals surface area (Å²) in [4.78, 5) is 10.3. The molecular formula is C7H9Cl3O. The third-order valence-electron chi connectivity index (χ3n) is 2.01. The van der Waals surface area contributed by atoms with Crippen LogP contribution in [0.25, 0.3) is 0 Å². The lowest BCUT2D eigenvalue weighted by Crippen LogP contribution is -2.24. The second-order valence-corrected chi connectivity index (χ2v) is 4.41. The predicted octanol–water partition coefficient (Wildman–Crippen LogP) is 2.77. The molecule has 2 atom stereocenters. The summed E-state index contributed by atoms with van der Waals surface area (Å²) >= 11 is 16.7. The zero-order valence-electron chi connectivity index (χ0n) is 5.90. The van der Waals surface area contributed by atoms with Crippen LogP contribution in [0.15, 0.2) is 0 Å². The monoisotopic (exact) mass is 214 g/mol. The van der Waals surface area contributed by atoms with Gasteiger partial charge in [-0.3, -0.25) is 4.79 Å². The predicted molar refractivity (Wildman–Crippen MR) is 47.5 cm³/mol. The van der Waals surface area contributed by atoms with Crippen LogP contribution in [0, 0.1) is 5.92 Å². The van der Waals surface area contributed by atoms with Gasteiger partial charge in [0.25, 0.3) is 0 Å². The van der Waals surface area contributed by atoms with E-state index in [-0.39, 0.29) is 17.1 Å². The average Bonchev–Trinajstić information content (AvgIpc) is 2.33. The summed E-state index contributed by atoms with van der Waals surface area (Å²) in [7, 11) is 0. The molecule has 0 amide bonds. The molecule has 0 aromatic rings. The number of halogens is 3. The van der Waals surface area contributed by atoms with E-state index < -0.39 is 4.84 Å². The minimum Gasteiger partial charge on any atom is -0.296 e. The largest absolute Gasteiger partial charge is 0.296 e. The fraction of sp³-hybridized carbons (Fsp3) is 0.857. The van der Waals surface area contributed by atoms with Gasteiger partial charge in [-0.2, -0.15) is 0 Å². The quantitative estimate of drug-likeness (QED) is 0.648. The Morgan fingerprint density at radius 3 is 2.36 bits per heavy atom. The molecule has 1 rings (SSSR count). The number of rotatable bonds is 2. The van der Waals surface area contributed by atoms with Crippen molar-refractivity contribution < 1.29 is 4.79 Å². The summed E-state index contributed by atoms with van der Waals surface area (Å²) in [6.07, 6.45) is 2.74. The first-order valence-electron chi connectivity index (χ1n) is 3.59. The first-order chi connectivity index (χ1) is 5.13. The van der Waals surface area contributed by atoms with Crippen molar-refractivity contribution >= 4 is 40.6 Å². The molecule has 1 nitrogen and oxygen atoms in total. The van der Waals surface area contributed by atoms with Gasteiger partial charge in [0, 0.05) is 11.3 Å². The Morgan fingerprint density at radius 2 is 2.00 bits per heavy atom. The van der Waals surface area contributed by atoms with E-state index in [4.69, 9.17) is 34.8 Å². The number of Topliss-reactive ketones (excluding diaryl/α,β-unsaturated/α-hetero) is 1. The summed E-state index contributed by atoms with van der Waals surface area (Å²) in [5, 5.41) is -0.0532. The number of hydrogen-bond acceptors (Lipinski definition) is 1.